The van der Waals surface area contributed by atoms with Crippen molar-refractivity contribution in [2.45, 2.75) is 20.3 Å². The van der Waals surface area contributed by atoms with E-state index in [1.165, 1.54) is 0 Å². The average molecular weight is 231 g/mol. The number of carboxylic acids is 1. The summed E-state index contributed by atoms with van der Waals surface area (Å²) >= 11 is 0. The summed E-state index contributed by atoms with van der Waals surface area (Å²) in [6.45, 7) is 3.66. The second kappa shape index (κ2) is 4.37. The topological polar surface area (TPSA) is 68.0 Å². The van der Waals surface area contributed by atoms with Gasteiger partial charge in [-0.3, -0.25) is 4.79 Å². The zero-order valence-electron chi connectivity index (χ0n) is 9.71. The number of aromatic nitrogens is 3. The first-order chi connectivity index (χ1) is 8.09. The van der Waals surface area contributed by atoms with E-state index in [1.807, 2.05) is 32.0 Å². The van der Waals surface area contributed by atoms with Crippen LogP contribution in [0.2, 0.25) is 0 Å². The maximum absolute atomic E-state index is 10.8. The van der Waals surface area contributed by atoms with Crippen LogP contribution in [0.4, 0.5) is 0 Å². The minimum absolute atomic E-state index is 0.00942. The number of carbonyl (C=O) groups is 1. The van der Waals surface area contributed by atoms with Gasteiger partial charge >= 0.3 is 5.97 Å². The second-order valence-electron chi connectivity index (χ2n) is 3.82. The Morgan fingerprint density at radius 3 is 2.76 bits per heavy atom. The van der Waals surface area contributed by atoms with Crippen molar-refractivity contribution in [1.29, 1.82) is 0 Å². The Hall–Kier alpha value is -2.17. The van der Waals surface area contributed by atoms with Gasteiger partial charge in [0, 0.05) is 17.5 Å². The van der Waals surface area contributed by atoms with Crippen molar-refractivity contribution in [3.05, 3.63) is 41.3 Å². The van der Waals surface area contributed by atoms with Crippen molar-refractivity contribution in [3.63, 3.8) is 0 Å². The van der Waals surface area contributed by atoms with Crippen LogP contribution in [0.5, 0.6) is 0 Å². The third-order valence-electron chi connectivity index (χ3n) is 2.64. The number of carboxylic acid groups (broad SMARTS) is 1. The Bertz CT molecular complexity index is 546. The Morgan fingerprint density at radius 2 is 2.18 bits per heavy atom. The molecule has 0 radical (unpaired) electrons. The zero-order chi connectivity index (χ0) is 12.4. The highest BCUT2D eigenvalue weighted by atomic mass is 16.4. The summed E-state index contributed by atoms with van der Waals surface area (Å²) in [6.07, 6.45) is 1.67. The molecule has 0 amide bonds. The molecule has 0 aliphatic carbocycles. The van der Waals surface area contributed by atoms with Gasteiger partial charge in [0.05, 0.1) is 12.1 Å². The fourth-order valence-corrected chi connectivity index (χ4v) is 1.78. The van der Waals surface area contributed by atoms with E-state index in [2.05, 4.69) is 10.1 Å². The van der Waals surface area contributed by atoms with Crippen LogP contribution in [0.3, 0.4) is 0 Å². The number of hydrogen-bond acceptors (Lipinski definition) is 3. The Kier molecular flexibility index (Phi) is 2.91. The van der Waals surface area contributed by atoms with Crippen LogP contribution in [0.25, 0.3) is 5.82 Å². The lowest BCUT2D eigenvalue weighted by Crippen LogP contribution is -2.04. The SMILES string of the molecule is Cc1nn(-c2ccccn2)c(C)c1CC(=O)O. The molecule has 2 heterocycles. The molecule has 2 aromatic rings. The Morgan fingerprint density at radius 1 is 1.41 bits per heavy atom. The van der Waals surface area contributed by atoms with E-state index in [-0.39, 0.29) is 6.42 Å². The number of rotatable bonds is 3. The number of aliphatic carboxylic acids is 1. The van der Waals surface area contributed by atoms with Crippen LogP contribution in [-0.2, 0) is 11.2 Å². The molecular weight excluding hydrogens is 218 g/mol. The molecule has 5 nitrogen and oxygen atoms in total. The molecular formula is C12H13N3O2. The van der Waals surface area contributed by atoms with Crippen LogP contribution in [0.1, 0.15) is 17.0 Å². The summed E-state index contributed by atoms with van der Waals surface area (Å²) in [6, 6.07) is 5.53. The quantitative estimate of drug-likeness (QED) is 0.869. The van der Waals surface area contributed by atoms with Crippen molar-refractivity contribution in [2.75, 3.05) is 0 Å². The molecule has 0 bridgehead atoms. The molecule has 2 aromatic heterocycles. The first-order valence-electron chi connectivity index (χ1n) is 5.28. The molecule has 88 valence electrons. The van der Waals surface area contributed by atoms with Gasteiger partial charge in [0.15, 0.2) is 5.82 Å². The Balaban J connectivity index is 2.48. The molecule has 0 saturated heterocycles. The molecule has 17 heavy (non-hydrogen) atoms. The first-order valence-corrected chi connectivity index (χ1v) is 5.28. The van der Waals surface area contributed by atoms with Gasteiger partial charge in [-0.2, -0.15) is 5.10 Å². The molecule has 0 saturated carbocycles. The molecule has 0 atom stereocenters. The Labute approximate surface area is 98.7 Å². The summed E-state index contributed by atoms with van der Waals surface area (Å²) in [4.78, 5) is 15.0. The van der Waals surface area contributed by atoms with E-state index in [1.54, 1.807) is 10.9 Å². The zero-order valence-corrected chi connectivity index (χ0v) is 9.71. The lowest BCUT2D eigenvalue weighted by molar-refractivity contribution is -0.136. The van der Waals surface area contributed by atoms with E-state index in [0.717, 1.165) is 17.0 Å². The van der Waals surface area contributed by atoms with Crippen molar-refractivity contribution in [3.8, 4) is 5.82 Å². The normalized spacial score (nSPS) is 10.5. The lowest BCUT2D eigenvalue weighted by atomic mass is 10.1. The van der Waals surface area contributed by atoms with Crippen LogP contribution in [0.15, 0.2) is 24.4 Å². The highest BCUT2D eigenvalue weighted by Gasteiger charge is 2.15. The molecule has 1 N–H and O–H groups in total. The molecule has 0 aliphatic rings. The van der Waals surface area contributed by atoms with E-state index >= 15 is 0 Å². The van der Waals surface area contributed by atoms with Crippen molar-refractivity contribution >= 4 is 5.97 Å². The average Bonchev–Trinajstić information content (AvgIpc) is 2.58. The first kappa shape index (κ1) is 11.3. The molecule has 2 rings (SSSR count). The lowest BCUT2D eigenvalue weighted by Gasteiger charge is -2.02. The van der Waals surface area contributed by atoms with Crippen LogP contribution in [-0.4, -0.2) is 25.8 Å². The minimum atomic E-state index is -0.850. The largest absolute Gasteiger partial charge is 0.481 e. The summed E-state index contributed by atoms with van der Waals surface area (Å²) in [5.74, 6) is -0.151. The maximum atomic E-state index is 10.8. The summed E-state index contributed by atoms with van der Waals surface area (Å²) < 4.78 is 1.67. The van der Waals surface area contributed by atoms with E-state index in [0.29, 0.717) is 5.82 Å². The second-order valence-corrected chi connectivity index (χ2v) is 3.82. The van der Waals surface area contributed by atoms with Crippen LogP contribution in [0, 0.1) is 13.8 Å². The minimum Gasteiger partial charge on any atom is -0.481 e. The summed E-state index contributed by atoms with van der Waals surface area (Å²) in [7, 11) is 0. The molecule has 0 aliphatic heterocycles. The molecule has 0 aromatic carbocycles. The molecule has 0 fully saturated rings. The van der Waals surface area contributed by atoms with Gasteiger partial charge in [-0.1, -0.05) is 6.07 Å². The van der Waals surface area contributed by atoms with Gasteiger partial charge in [0.1, 0.15) is 0 Å². The predicted molar refractivity (Wildman–Crippen MR) is 62.2 cm³/mol. The summed E-state index contributed by atoms with van der Waals surface area (Å²) in [5, 5.41) is 13.2. The molecule has 0 spiro atoms. The van der Waals surface area contributed by atoms with Gasteiger partial charge in [0.25, 0.3) is 0 Å². The van der Waals surface area contributed by atoms with Crippen molar-refractivity contribution < 1.29 is 9.90 Å². The summed E-state index contributed by atoms with van der Waals surface area (Å²) in [5.41, 5.74) is 2.31. The monoisotopic (exact) mass is 231 g/mol. The number of aryl methyl sites for hydroxylation is 1. The fraction of sp³-hybridized carbons (Fsp3) is 0.250. The highest BCUT2D eigenvalue weighted by Crippen LogP contribution is 2.16. The van der Waals surface area contributed by atoms with Crippen LogP contribution >= 0.6 is 0 Å². The standard InChI is InChI=1S/C12H13N3O2/c1-8-10(7-12(16)17)9(2)15(14-8)11-5-3-4-6-13-11/h3-6H,7H2,1-2H3,(H,16,17). The van der Waals surface area contributed by atoms with Crippen LogP contribution < -0.4 is 0 Å². The highest BCUT2D eigenvalue weighted by molar-refractivity contribution is 5.71. The molecule has 0 unspecified atom stereocenters. The number of hydrogen-bond donors (Lipinski definition) is 1. The van der Waals surface area contributed by atoms with E-state index in [4.69, 9.17) is 5.11 Å². The third-order valence-corrected chi connectivity index (χ3v) is 2.64. The maximum Gasteiger partial charge on any atom is 0.307 e. The van der Waals surface area contributed by atoms with E-state index in [9.17, 15) is 4.79 Å². The van der Waals surface area contributed by atoms with Gasteiger partial charge in [-0.25, -0.2) is 9.67 Å². The smallest absolute Gasteiger partial charge is 0.307 e. The van der Waals surface area contributed by atoms with Gasteiger partial charge in [-0.05, 0) is 26.0 Å². The van der Waals surface area contributed by atoms with Crippen molar-refractivity contribution in [1.82, 2.24) is 14.8 Å². The predicted octanol–water partition coefficient (Wildman–Crippen LogP) is 1.51. The van der Waals surface area contributed by atoms with Gasteiger partial charge in [0.2, 0.25) is 0 Å². The number of nitrogens with zero attached hydrogens (tertiary/aromatic N) is 3. The molecule has 5 heteroatoms. The van der Waals surface area contributed by atoms with E-state index < -0.39 is 5.97 Å². The van der Waals surface area contributed by atoms with Crippen molar-refractivity contribution in [2.24, 2.45) is 0 Å². The fourth-order valence-electron chi connectivity index (χ4n) is 1.78. The van der Waals surface area contributed by atoms with Gasteiger partial charge in [-0.15, -0.1) is 0 Å². The number of pyridine rings is 1. The third kappa shape index (κ3) is 2.18. The van der Waals surface area contributed by atoms with Gasteiger partial charge < -0.3 is 5.11 Å².